The molecule has 0 fully saturated rings. The standard InChI is InChI=1S/C20H15FN2O/c21-19-3-1-2-14-5-8-17(23-20(14)19)12-24-18-9-6-13-4-7-16(22)10-15(13)11-18/h1-11H,12,22H2. The SMILES string of the molecule is Nc1ccc2ccc(OCc3ccc4cccc(F)c4n3)cc2c1. The first-order valence-corrected chi connectivity index (χ1v) is 7.65. The summed E-state index contributed by atoms with van der Waals surface area (Å²) in [5.74, 6) is 0.402. The van der Waals surface area contributed by atoms with Crippen LogP contribution in [0.4, 0.5) is 10.1 Å². The summed E-state index contributed by atoms with van der Waals surface area (Å²) < 4.78 is 19.6. The molecule has 4 aromatic rings. The molecule has 0 aliphatic rings. The number of pyridine rings is 1. The lowest BCUT2D eigenvalue weighted by Gasteiger charge is -2.08. The molecule has 4 heteroatoms. The van der Waals surface area contributed by atoms with Crippen molar-refractivity contribution in [2.24, 2.45) is 0 Å². The number of ether oxygens (including phenoxy) is 1. The third kappa shape index (κ3) is 2.74. The summed E-state index contributed by atoms with van der Waals surface area (Å²) in [5.41, 5.74) is 7.58. The van der Waals surface area contributed by atoms with Crippen LogP contribution in [0.15, 0.2) is 66.7 Å². The van der Waals surface area contributed by atoms with E-state index in [-0.39, 0.29) is 12.4 Å². The molecule has 2 N–H and O–H groups in total. The van der Waals surface area contributed by atoms with Gasteiger partial charge in [-0.3, -0.25) is 0 Å². The molecule has 118 valence electrons. The van der Waals surface area contributed by atoms with Gasteiger partial charge >= 0.3 is 0 Å². The zero-order valence-corrected chi connectivity index (χ0v) is 12.9. The molecule has 0 saturated heterocycles. The largest absolute Gasteiger partial charge is 0.487 e. The molecule has 0 spiro atoms. The number of nitrogens with zero attached hydrogens (tertiary/aromatic N) is 1. The van der Waals surface area contributed by atoms with Crippen LogP contribution in [0.5, 0.6) is 5.75 Å². The van der Waals surface area contributed by atoms with Crippen molar-refractivity contribution in [1.29, 1.82) is 0 Å². The number of anilines is 1. The van der Waals surface area contributed by atoms with E-state index in [9.17, 15) is 4.39 Å². The Morgan fingerprint density at radius 1 is 0.875 bits per heavy atom. The summed E-state index contributed by atoms with van der Waals surface area (Å²) in [6.07, 6.45) is 0. The zero-order valence-electron chi connectivity index (χ0n) is 12.9. The van der Waals surface area contributed by atoms with Crippen molar-refractivity contribution in [3.05, 3.63) is 78.2 Å². The molecule has 3 nitrogen and oxygen atoms in total. The number of nitrogen functional groups attached to an aromatic ring is 1. The van der Waals surface area contributed by atoms with Crippen molar-refractivity contribution in [1.82, 2.24) is 4.98 Å². The molecule has 0 atom stereocenters. The fourth-order valence-electron chi connectivity index (χ4n) is 2.72. The number of hydrogen-bond donors (Lipinski definition) is 1. The minimum Gasteiger partial charge on any atom is -0.487 e. The van der Waals surface area contributed by atoms with Gasteiger partial charge in [0.2, 0.25) is 0 Å². The van der Waals surface area contributed by atoms with Crippen LogP contribution in [0.25, 0.3) is 21.7 Å². The molecular formula is C20H15FN2O. The highest BCUT2D eigenvalue weighted by Gasteiger charge is 2.05. The van der Waals surface area contributed by atoms with Crippen molar-refractivity contribution in [2.45, 2.75) is 6.61 Å². The second kappa shape index (κ2) is 5.81. The highest BCUT2D eigenvalue weighted by Crippen LogP contribution is 2.24. The Morgan fingerprint density at radius 2 is 1.71 bits per heavy atom. The van der Waals surface area contributed by atoms with Gasteiger partial charge in [0.15, 0.2) is 0 Å². The normalized spacial score (nSPS) is 11.0. The van der Waals surface area contributed by atoms with E-state index in [1.165, 1.54) is 6.07 Å². The molecule has 1 aromatic heterocycles. The molecule has 0 aliphatic carbocycles. The monoisotopic (exact) mass is 318 g/mol. The number of para-hydroxylation sites is 1. The number of benzene rings is 3. The van der Waals surface area contributed by atoms with E-state index >= 15 is 0 Å². The number of aromatic nitrogens is 1. The van der Waals surface area contributed by atoms with Crippen LogP contribution in [0.2, 0.25) is 0 Å². The van der Waals surface area contributed by atoms with Crippen molar-refractivity contribution in [3.63, 3.8) is 0 Å². The molecule has 0 amide bonds. The van der Waals surface area contributed by atoms with E-state index in [1.54, 1.807) is 6.07 Å². The summed E-state index contributed by atoms with van der Waals surface area (Å²) in [6.45, 7) is 0.276. The Hall–Kier alpha value is -3.14. The van der Waals surface area contributed by atoms with Crippen LogP contribution in [0.3, 0.4) is 0 Å². The van der Waals surface area contributed by atoms with Gasteiger partial charge in [0.1, 0.15) is 23.7 Å². The third-order valence-corrected chi connectivity index (χ3v) is 3.95. The van der Waals surface area contributed by atoms with Crippen molar-refractivity contribution in [2.75, 3.05) is 5.73 Å². The Morgan fingerprint density at radius 3 is 2.62 bits per heavy atom. The summed E-state index contributed by atoms with van der Waals surface area (Å²) in [6, 6.07) is 20.2. The van der Waals surface area contributed by atoms with E-state index in [4.69, 9.17) is 10.5 Å². The smallest absolute Gasteiger partial charge is 0.149 e. The maximum absolute atomic E-state index is 13.8. The van der Waals surface area contributed by atoms with Gasteiger partial charge in [0.25, 0.3) is 0 Å². The average molecular weight is 318 g/mol. The van der Waals surface area contributed by atoms with Crippen LogP contribution < -0.4 is 10.5 Å². The van der Waals surface area contributed by atoms with Crippen molar-refractivity contribution in [3.8, 4) is 5.75 Å². The molecule has 0 aliphatic heterocycles. The molecule has 0 bridgehead atoms. The van der Waals surface area contributed by atoms with Gasteiger partial charge in [-0.05, 0) is 47.2 Å². The third-order valence-electron chi connectivity index (χ3n) is 3.95. The fourth-order valence-corrected chi connectivity index (χ4v) is 2.72. The summed E-state index contributed by atoms with van der Waals surface area (Å²) in [5, 5.41) is 2.90. The number of halogens is 1. The van der Waals surface area contributed by atoms with Gasteiger partial charge < -0.3 is 10.5 Å². The van der Waals surface area contributed by atoms with Crippen LogP contribution >= 0.6 is 0 Å². The predicted octanol–water partition coefficient (Wildman–Crippen LogP) is 4.69. The Bertz CT molecular complexity index is 1050. The van der Waals surface area contributed by atoms with Crippen molar-refractivity contribution >= 4 is 27.4 Å². The van der Waals surface area contributed by atoms with E-state index in [2.05, 4.69) is 4.98 Å². The fraction of sp³-hybridized carbons (Fsp3) is 0.0500. The number of hydrogen-bond acceptors (Lipinski definition) is 3. The average Bonchev–Trinajstić information content (AvgIpc) is 2.60. The first-order chi connectivity index (χ1) is 11.7. The first-order valence-electron chi connectivity index (χ1n) is 7.65. The molecule has 24 heavy (non-hydrogen) atoms. The van der Waals surface area contributed by atoms with Crippen molar-refractivity contribution < 1.29 is 9.13 Å². The minimum absolute atomic E-state index is 0.276. The molecular weight excluding hydrogens is 303 g/mol. The Kier molecular flexibility index (Phi) is 3.50. The molecule has 0 unspecified atom stereocenters. The van der Waals surface area contributed by atoms with Crippen LogP contribution in [0, 0.1) is 5.82 Å². The van der Waals surface area contributed by atoms with Gasteiger partial charge in [0, 0.05) is 11.1 Å². The second-order valence-electron chi connectivity index (χ2n) is 5.67. The zero-order chi connectivity index (χ0) is 16.5. The quantitative estimate of drug-likeness (QED) is 0.558. The molecule has 4 rings (SSSR count). The van der Waals surface area contributed by atoms with Gasteiger partial charge in [-0.1, -0.05) is 30.3 Å². The maximum Gasteiger partial charge on any atom is 0.149 e. The Balaban J connectivity index is 1.59. The van der Waals surface area contributed by atoms with Crippen LogP contribution in [-0.4, -0.2) is 4.98 Å². The van der Waals surface area contributed by atoms with E-state index in [0.717, 1.165) is 21.9 Å². The van der Waals surface area contributed by atoms with E-state index in [1.807, 2.05) is 54.6 Å². The number of rotatable bonds is 3. The highest BCUT2D eigenvalue weighted by molar-refractivity contribution is 5.86. The first kappa shape index (κ1) is 14.5. The number of fused-ring (bicyclic) bond motifs is 2. The molecule has 1 heterocycles. The Labute approximate surface area is 138 Å². The topological polar surface area (TPSA) is 48.1 Å². The minimum atomic E-state index is -0.324. The van der Waals surface area contributed by atoms with Gasteiger partial charge in [-0.2, -0.15) is 0 Å². The second-order valence-corrected chi connectivity index (χ2v) is 5.67. The van der Waals surface area contributed by atoms with Gasteiger partial charge in [-0.25, -0.2) is 9.37 Å². The lowest BCUT2D eigenvalue weighted by atomic mass is 10.1. The van der Waals surface area contributed by atoms with Crippen LogP contribution in [0.1, 0.15) is 5.69 Å². The molecule has 3 aromatic carbocycles. The predicted molar refractivity (Wildman–Crippen MR) is 94.4 cm³/mol. The van der Waals surface area contributed by atoms with Gasteiger partial charge in [0.05, 0.1) is 5.69 Å². The lowest BCUT2D eigenvalue weighted by molar-refractivity contribution is 0.302. The highest BCUT2D eigenvalue weighted by atomic mass is 19.1. The summed E-state index contributed by atoms with van der Waals surface area (Å²) in [4.78, 5) is 4.35. The molecule has 0 radical (unpaired) electrons. The summed E-state index contributed by atoms with van der Waals surface area (Å²) in [7, 11) is 0. The van der Waals surface area contributed by atoms with E-state index in [0.29, 0.717) is 16.9 Å². The van der Waals surface area contributed by atoms with Gasteiger partial charge in [-0.15, -0.1) is 0 Å². The summed E-state index contributed by atoms with van der Waals surface area (Å²) >= 11 is 0. The van der Waals surface area contributed by atoms with E-state index < -0.39 is 0 Å². The lowest BCUT2D eigenvalue weighted by Crippen LogP contribution is -1.99. The maximum atomic E-state index is 13.8. The molecule has 0 saturated carbocycles. The van der Waals surface area contributed by atoms with Crippen LogP contribution in [-0.2, 0) is 6.61 Å². The number of nitrogens with two attached hydrogens (primary N) is 1.